The lowest BCUT2D eigenvalue weighted by molar-refractivity contribution is 0.261. The summed E-state index contributed by atoms with van der Waals surface area (Å²) in [5, 5.41) is 0.223. The lowest BCUT2D eigenvalue weighted by atomic mass is 10.3. The molecule has 0 N–H and O–H groups in total. The molecule has 0 bridgehead atoms. The molecule has 0 saturated carbocycles. The molecular formula is C10H12Cl3NO3S. The van der Waals surface area contributed by atoms with Gasteiger partial charge in [0.15, 0.2) is 5.75 Å². The van der Waals surface area contributed by atoms with Crippen LogP contribution in [0.25, 0.3) is 0 Å². The number of nitrogens with zero attached hydrogens (tertiary/aromatic N) is 1. The Kier molecular flexibility index (Phi) is 5.55. The van der Waals surface area contributed by atoms with Gasteiger partial charge in [0.2, 0.25) is 0 Å². The van der Waals surface area contributed by atoms with Gasteiger partial charge in [-0.3, -0.25) is 0 Å². The molecule has 0 saturated heterocycles. The number of likely N-dealkylation sites (N-methyl/N-ethyl adjacent to an activating group) is 1. The van der Waals surface area contributed by atoms with Gasteiger partial charge in [-0.25, -0.2) is 8.42 Å². The molecule has 0 aliphatic carbocycles. The van der Waals surface area contributed by atoms with Crippen molar-refractivity contribution in [2.45, 2.75) is 4.90 Å². The third-order valence-electron chi connectivity index (χ3n) is 2.04. The van der Waals surface area contributed by atoms with Crippen LogP contribution < -0.4 is 4.74 Å². The smallest absolute Gasteiger partial charge is 0.261 e. The summed E-state index contributed by atoms with van der Waals surface area (Å²) in [6.07, 6.45) is 0. The molecule has 102 valence electrons. The van der Waals surface area contributed by atoms with E-state index in [1.165, 1.54) is 12.1 Å². The van der Waals surface area contributed by atoms with Crippen LogP contribution in [-0.2, 0) is 9.05 Å². The zero-order chi connectivity index (χ0) is 13.9. The molecule has 0 amide bonds. The van der Waals surface area contributed by atoms with Gasteiger partial charge in [-0.05, 0) is 26.2 Å². The van der Waals surface area contributed by atoms with Crippen molar-refractivity contribution in [3.63, 3.8) is 0 Å². The van der Waals surface area contributed by atoms with Crippen LogP contribution in [0.5, 0.6) is 5.75 Å². The average molecular weight is 333 g/mol. The minimum Gasteiger partial charge on any atom is -0.489 e. The van der Waals surface area contributed by atoms with Gasteiger partial charge in [0, 0.05) is 17.2 Å². The largest absolute Gasteiger partial charge is 0.489 e. The lowest BCUT2D eigenvalue weighted by Crippen LogP contribution is -2.19. The Morgan fingerprint density at radius 2 is 1.72 bits per heavy atom. The number of benzene rings is 1. The standard InChI is InChI=1S/C10H12Cl3NO3S/c1-14(2)3-4-17-10-8(11)5-7(6-9(10)12)18(13,15)16/h5-6H,3-4H2,1-2H3. The molecule has 1 rings (SSSR count). The van der Waals surface area contributed by atoms with E-state index in [0.29, 0.717) is 13.2 Å². The van der Waals surface area contributed by atoms with Gasteiger partial charge in [0.05, 0.1) is 14.9 Å². The summed E-state index contributed by atoms with van der Waals surface area (Å²) in [4.78, 5) is 1.78. The van der Waals surface area contributed by atoms with Gasteiger partial charge < -0.3 is 9.64 Å². The van der Waals surface area contributed by atoms with Crippen molar-refractivity contribution >= 4 is 42.9 Å². The van der Waals surface area contributed by atoms with Crippen LogP contribution in [0, 0.1) is 0 Å². The van der Waals surface area contributed by atoms with Gasteiger partial charge in [-0.15, -0.1) is 0 Å². The van der Waals surface area contributed by atoms with E-state index in [-0.39, 0.29) is 20.7 Å². The highest BCUT2D eigenvalue weighted by molar-refractivity contribution is 8.13. The van der Waals surface area contributed by atoms with E-state index in [2.05, 4.69) is 0 Å². The van der Waals surface area contributed by atoms with Crippen molar-refractivity contribution in [1.82, 2.24) is 4.90 Å². The maximum absolute atomic E-state index is 11.2. The third-order valence-corrected chi connectivity index (χ3v) is 3.93. The fourth-order valence-corrected chi connectivity index (χ4v) is 2.66. The quantitative estimate of drug-likeness (QED) is 0.778. The third kappa shape index (κ3) is 4.48. The maximum atomic E-state index is 11.2. The molecule has 1 aromatic rings. The molecule has 0 heterocycles. The summed E-state index contributed by atoms with van der Waals surface area (Å²) < 4.78 is 27.7. The second-order valence-electron chi connectivity index (χ2n) is 3.81. The Labute approximate surface area is 121 Å². The predicted molar refractivity (Wildman–Crippen MR) is 73.5 cm³/mol. The van der Waals surface area contributed by atoms with Gasteiger partial charge in [0.25, 0.3) is 9.05 Å². The molecule has 0 radical (unpaired) electrons. The van der Waals surface area contributed by atoms with E-state index in [1.54, 1.807) is 0 Å². The van der Waals surface area contributed by atoms with E-state index in [0.717, 1.165) is 0 Å². The first kappa shape index (κ1) is 15.9. The first-order chi connectivity index (χ1) is 8.21. The van der Waals surface area contributed by atoms with Crippen molar-refractivity contribution in [1.29, 1.82) is 0 Å². The molecule has 0 aromatic heterocycles. The molecule has 0 fully saturated rings. The summed E-state index contributed by atoms with van der Waals surface area (Å²) in [5.41, 5.74) is 0. The lowest BCUT2D eigenvalue weighted by Gasteiger charge is -2.13. The highest BCUT2D eigenvalue weighted by atomic mass is 35.7. The summed E-state index contributed by atoms with van der Waals surface area (Å²) in [5.74, 6) is 0.254. The highest BCUT2D eigenvalue weighted by Gasteiger charge is 2.16. The molecule has 0 aliphatic heterocycles. The average Bonchev–Trinajstić information content (AvgIpc) is 2.20. The molecule has 18 heavy (non-hydrogen) atoms. The number of hydrogen-bond acceptors (Lipinski definition) is 4. The van der Waals surface area contributed by atoms with E-state index < -0.39 is 9.05 Å². The Balaban J connectivity index is 2.95. The second-order valence-corrected chi connectivity index (χ2v) is 7.19. The number of ether oxygens (including phenoxy) is 1. The van der Waals surface area contributed by atoms with Gasteiger partial charge >= 0.3 is 0 Å². The molecular weight excluding hydrogens is 321 g/mol. The zero-order valence-corrected chi connectivity index (χ0v) is 12.9. The number of halogens is 3. The van der Waals surface area contributed by atoms with Crippen molar-refractivity contribution in [3.05, 3.63) is 22.2 Å². The SMILES string of the molecule is CN(C)CCOc1c(Cl)cc(S(=O)(=O)Cl)cc1Cl. The summed E-state index contributed by atoms with van der Waals surface area (Å²) in [7, 11) is 5.15. The molecule has 4 nitrogen and oxygen atoms in total. The number of rotatable bonds is 5. The van der Waals surface area contributed by atoms with Crippen LogP contribution in [0.15, 0.2) is 17.0 Å². The van der Waals surface area contributed by atoms with Crippen LogP contribution >= 0.6 is 33.9 Å². The fourth-order valence-electron chi connectivity index (χ4n) is 1.15. The predicted octanol–water partition coefficient (Wildman–Crippen LogP) is 2.86. The van der Waals surface area contributed by atoms with Crippen LogP contribution in [0.1, 0.15) is 0 Å². The summed E-state index contributed by atoms with van der Waals surface area (Å²) >= 11 is 11.8. The fraction of sp³-hybridized carbons (Fsp3) is 0.400. The van der Waals surface area contributed by atoms with Crippen LogP contribution in [0.3, 0.4) is 0 Å². The molecule has 0 aliphatic rings. The Bertz CT molecular complexity index is 508. The Morgan fingerprint density at radius 1 is 1.22 bits per heavy atom. The van der Waals surface area contributed by atoms with Gasteiger partial charge in [-0.1, -0.05) is 23.2 Å². The van der Waals surface area contributed by atoms with Crippen LogP contribution in [0.2, 0.25) is 10.0 Å². The second kappa shape index (κ2) is 6.30. The number of hydrogen-bond donors (Lipinski definition) is 0. The first-order valence-corrected chi connectivity index (χ1v) is 7.99. The van der Waals surface area contributed by atoms with Crippen molar-refractivity contribution in [2.24, 2.45) is 0 Å². The molecule has 0 atom stereocenters. The van der Waals surface area contributed by atoms with Gasteiger partial charge in [0.1, 0.15) is 6.61 Å². The van der Waals surface area contributed by atoms with Crippen LogP contribution in [-0.4, -0.2) is 40.6 Å². The minimum atomic E-state index is -3.86. The summed E-state index contributed by atoms with van der Waals surface area (Å²) in [6.45, 7) is 1.07. The normalized spacial score (nSPS) is 11.9. The van der Waals surface area contributed by atoms with Crippen molar-refractivity contribution < 1.29 is 13.2 Å². The minimum absolute atomic E-state index is 0.112. The van der Waals surface area contributed by atoms with Crippen molar-refractivity contribution in [2.75, 3.05) is 27.2 Å². The molecule has 8 heteroatoms. The van der Waals surface area contributed by atoms with E-state index in [1.807, 2.05) is 19.0 Å². The molecule has 0 spiro atoms. The van der Waals surface area contributed by atoms with Crippen molar-refractivity contribution in [3.8, 4) is 5.75 Å². The van der Waals surface area contributed by atoms with Crippen LogP contribution in [0.4, 0.5) is 0 Å². The van der Waals surface area contributed by atoms with Gasteiger partial charge in [-0.2, -0.15) is 0 Å². The Morgan fingerprint density at radius 3 is 2.11 bits per heavy atom. The Hall–Kier alpha value is -0.200. The van der Waals surface area contributed by atoms with E-state index >= 15 is 0 Å². The molecule has 1 aromatic carbocycles. The molecule has 0 unspecified atom stereocenters. The topological polar surface area (TPSA) is 46.6 Å². The highest BCUT2D eigenvalue weighted by Crippen LogP contribution is 2.36. The van der Waals surface area contributed by atoms with E-state index in [9.17, 15) is 8.42 Å². The summed E-state index contributed by atoms with van der Waals surface area (Å²) in [6, 6.07) is 2.42. The first-order valence-electron chi connectivity index (χ1n) is 4.93. The maximum Gasteiger partial charge on any atom is 0.261 e. The monoisotopic (exact) mass is 331 g/mol. The zero-order valence-electron chi connectivity index (χ0n) is 9.78. The van der Waals surface area contributed by atoms with E-state index in [4.69, 9.17) is 38.6 Å².